The van der Waals surface area contributed by atoms with Crippen LogP contribution in [-0.4, -0.2) is 11.9 Å². The molecular weight excluding hydrogens is 292 g/mol. The minimum absolute atomic E-state index is 0.0795. The van der Waals surface area contributed by atoms with Gasteiger partial charge in [-0.05, 0) is 18.2 Å². The molecule has 0 radical (unpaired) electrons. The third-order valence-corrected chi connectivity index (χ3v) is 3.24. The van der Waals surface area contributed by atoms with E-state index in [-0.39, 0.29) is 22.9 Å². The lowest BCUT2D eigenvalue weighted by molar-refractivity contribution is 0.0471. The Kier molecular flexibility index (Phi) is 4.45. The van der Waals surface area contributed by atoms with Gasteiger partial charge in [-0.3, -0.25) is 4.79 Å². The molecular formula is C15H13ClN2O3. The number of halogens is 1. The molecule has 108 valence electrons. The van der Waals surface area contributed by atoms with Crippen LogP contribution in [0.2, 0.25) is 5.02 Å². The Morgan fingerprint density at radius 1 is 1.05 bits per heavy atom. The number of rotatable bonds is 4. The van der Waals surface area contributed by atoms with Crippen LogP contribution >= 0.6 is 11.6 Å². The summed E-state index contributed by atoms with van der Waals surface area (Å²) in [6, 6.07) is 11.3. The number of nitrogens with two attached hydrogens (primary N) is 2. The average Bonchev–Trinajstić information content (AvgIpc) is 2.47. The van der Waals surface area contributed by atoms with Gasteiger partial charge in [0.1, 0.15) is 6.61 Å². The molecule has 0 aliphatic heterocycles. The molecule has 0 aromatic heterocycles. The van der Waals surface area contributed by atoms with Gasteiger partial charge in [-0.15, -0.1) is 0 Å². The maximum Gasteiger partial charge on any atom is 0.340 e. The molecule has 0 aliphatic carbocycles. The van der Waals surface area contributed by atoms with E-state index in [1.165, 1.54) is 6.07 Å². The molecule has 0 fully saturated rings. The maximum absolute atomic E-state index is 12.0. The summed E-state index contributed by atoms with van der Waals surface area (Å²) in [5, 5.41) is 0.280. The van der Waals surface area contributed by atoms with Gasteiger partial charge in [-0.25, -0.2) is 4.79 Å². The molecule has 2 rings (SSSR count). The molecule has 4 N–H and O–H groups in total. The number of ether oxygens (including phenoxy) is 1. The highest BCUT2D eigenvalue weighted by atomic mass is 35.5. The summed E-state index contributed by atoms with van der Waals surface area (Å²) >= 11 is 5.85. The van der Waals surface area contributed by atoms with Crippen LogP contribution in [0.4, 0.5) is 5.69 Å². The highest BCUT2D eigenvalue weighted by molar-refractivity contribution is 6.33. The van der Waals surface area contributed by atoms with Crippen molar-refractivity contribution in [1.29, 1.82) is 0 Å². The number of para-hydroxylation sites is 1. The van der Waals surface area contributed by atoms with Gasteiger partial charge < -0.3 is 16.2 Å². The van der Waals surface area contributed by atoms with Crippen LogP contribution in [0.15, 0.2) is 42.5 Å². The molecule has 0 saturated carbocycles. The predicted octanol–water partition coefficient (Wildman–Crippen LogP) is 2.38. The van der Waals surface area contributed by atoms with Gasteiger partial charge in [0.15, 0.2) is 0 Å². The molecule has 21 heavy (non-hydrogen) atoms. The van der Waals surface area contributed by atoms with E-state index >= 15 is 0 Å². The number of hydrogen-bond donors (Lipinski definition) is 2. The van der Waals surface area contributed by atoms with Gasteiger partial charge in [0.25, 0.3) is 0 Å². The standard InChI is InChI=1S/C15H13ClN2O3/c16-12-7-3-6-11(13(12)17)15(20)21-8-9-4-1-2-5-10(9)14(18)19/h1-7H,8,17H2,(H2,18,19). The molecule has 6 heteroatoms. The van der Waals surface area contributed by atoms with Gasteiger partial charge in [-0.1, -0.05) is 35.9 Å². The molecule has 1 amide bonds. The van der Waals surface area contributed by atoms with E-state index in [9.17, 15) is 9.59 Å². The van der Waals surface area contributed by atoms with Crippen molar-refractivity contribution in [2.75, 3.05) is 5.73 Å². The van der Waals surface area contributed by atoms with Crippen molar-refractivity contribution in [3.05, 3.63) is 64.2 Å². The van der Waals surface area contributed by atoms with E-state index in [0.717, 1.165) is 0 Å². The highest BCUT2D eigenvalue weighted by Crippen LogP contribution is 2.23. The van der Waals surface area contributed by atoms with E-state index in [1.807, 2.05) is 0 Å². The Balaban J connectivity index is 2.15. The van der Waals surface area contributed by atoms with Crippen molar-refractivity contribution >= 4 is 29.2 Å². The fourth-order valence-electron chi connectivity index (χ4n) is 1.82. The van der Waals surface area contributed by atoms with Gasteiger partial charge in [-0.2, -0.15) is 0 Å². The normalized spacial score (nSPS) is 10.1. The van der Waals surface area contributed by atoms with Crippen molar-refractivity contribution < 1.29 is 14.3 Å². The lowest BCUT2D eigenvalue weighted by atomic mass is 10.1. The number of primary amides is 1. The van der Waals surface area contributed by atoms with E-state index in [2.05, 4.69) is 0 Å². The lowest BCUT2D eigenvalue weighted by Crippen LogP contribution is -2.15. The Bertz CT molecular complexity index is 701. The molecule has 0 unspecified atom stereocenters. The summed E-state index contributed by atoms with van der Waals surface area (Å²) in [7, 11) is 0. The topological polar surface area (TPSA) is 95.4 Å². The van der Waals surface area contributed by atoms with E-state index in [4.69, 9.17) is 27.8 Å². The zero-order chi connectivity index (χ0) is 15.4. The number of nitrogen functional groups attached to an aromatic ring is 1. The minimum Gasteiger partial charge on any atom is -0.457 e. The first-order valence-corrected chi connectivity index (χ1v) is 6.47. The van der Waals surface area contributed by atoms with E-state index in [0.29, 0.717) is 11.1 Å². The quantitative estimate of drug-likeness (QED) is 0.669. The number of amides is 1. The minimum atomic E-state index is -0.616. The molecule has 0 saturated heterocycles. The van der Waals surface area contributed by atoms with Gasteiger partial charge in [0.2, 0.25) is 5.91 Å². The molecule has 0 spiro atoms. The Labute approximate surface area is 126 Å². The fourth-order valence-corrected chi connectivity index (χ4v) is 2.00. The lowest BCUT2D eigenvalue weighted by Gasteiger charge is -2.10. The Morgan fingerprint density at radius 3 is 2.43 bits per heavy atom. The van der Waals surface area contributed by atoms with Crippen molar-refractivity contribution in [1.82, 2.24) is 0 Å². The summed E-state index contributed by atoms with van der Waals surface area (Å²) in [5.74, 6) is -1.20. The third kappa shape index (κ3) is 3.32. The number of benzene rings is 2. The summed E-state index contributed by atoms with van der Waals surface area (Å²) in [6.07, 6.45) is 0. The summed E-state index contributed by atoms with van der Waals surface area (Å²) in [4.78, 5) is 23.3. The summed E-state index contributed by atoms with van der Waals surface area (Å²) in [6.45, 7) is -0.0795. The van der Waals surface area contributed by atoms with Crippen molar-refractivity contribution in [3.8, 4) is 0 Å². The van der Waals surface area contributed by atoms with Crippen LogP contribution in [-0.2, 0) is 11.3 Å². The molecule has 0 heterocycles. The van der Waals surface area contributed by atoms with Crippen molar-refractivity contribution in [2.24, 2.45) is 5.73 Å². The number of esters is 1. The zero-order valence-corrected chi connectivity index (χ0v) is 11.8. The number of anilines is 1. The van der Waals surface area contributed by atoms with Crippen LogP contribution in [0, 0.1) is 0 Å². The maximum atomic E-state index is 12.0. The van der Waals surface area contributed by atoms with Crippen LogP contribution in [0.1, 0.15) is 26.3 Å². The first-order chi connectivity index (χ1) is 10.0. The van der Waals surface area contributed by atoms with E-state index in [1.54, 1.807) is 36.4 Å². The molecule has 2 aromatic rings. The summed E-state index contributed by atoms with van der Waals surface area (Å²) < 4.78 is 5.16. The van der Waals surface area contributed by atoms with Crippen LogP contribution in [0.25, 0.3) is 0 Å². The van der Waals surface area contributed by atoms with Gasteiger partial charge in [0, 0.05) is 11.1 Å². The monoisotopic (exact) mass is 304 g/mol. The number of hydrogen-bond acceptors (Lipinski definition) is 4. The second-order valence-electron chi connectivity index (χ2n) is 4.30. The number of carbonyl (C=O) groups excluding carboxylic acids is 2. The van der Waals surface area contributed by atoms with Crippen molar-refractivity contribution in [3.63, 3.8) is 0 Å². The average molecular weight is 305 g/mol. The van der Waals surface area contributed by atoms with Crippen LogP contribution < -0.4 is 11.5 Å². The van der Waals surface area contributed by atoms with Gasteiger partial charge in [0.05, 0.1) is 16.3 Å². The first kappa shape index (κ1) is 14.9. The fraction of sp³-hybridized carbons (Fsp3) is 0.0667. The third-order valence-electron chi connectivity index (χ3n) is 2.91. The second-order valence-corrected chi connectivity index (χ2v) is 4.71. The molecule has 0 bridgehead atoms. The van der Waals surface area contributed by atoms with E-state index < -0.39 is 11.9 Å². The van der Waals surface area contributed by atoms with Crippen molar-refractivity contribution in [2.45, 2.75) is 6.61 Å². The molecule has 2 aromatic carbocycles. The number of carbonyl (C=O) groups is 2. The Morgan fingerprint density at radius 2 is 1.71 bits per heavy atom. The predicted molar refractivity (Wildman–Crippen MR) is 79.9 cm³/mol. The second kappa shape index (κ2) is 6.28. The van der Waals surface area contributed by atoms with Crippen LogP contribution in [0.5, 0.6) is 0 Å². The van der Waals surface area contributed by atoms with Crippen LogP contribution in [0.3, 0.4) is 0 Å². The zero-order valence-electron chi connectivity index (χ0n) is 11.0. The largest absolute Gasteiger partial charge is 0.457 e. The highest BCUT2D eigenvalue weighted by Gasteiger charge is 2.15. The Hall–Kier alpha value is -2.53. The molecule has 0 aliphatic rings. The molecule has 0 atom stereocenters. The first-order valence-electron chi connectivity index (χ1n) is 6.09. The SMILES string of the molecule is NC(=O)c1ccccc1COC(=O)c1cccc(Cl)c1N. The van der Waals surface area contributed by atoms with Gasteiger partial charge >= 0.3 is 5.97 Å². The smallest absolute Gasteiger partial charge is 0.340 e. The molecule has 5 nitrogen and oxygen atoms in total. The summed E-state index contributed by atoms with van der Waals surface area (Å²) in [5.41, 5.74) is 12.2.